The van der Waals surface area contributed by atoms with Gasteiger partial charge in [-0.3, -0.25) is 0 Å². The van der Waals surface area contributed by atoms with Gasteiger partial charge in [-0.05, 0) is 6.42 Å². The van der Waals surface area contributed by atoms with Crippen molar-refractivity contribution >= 4 is 6.09 Å². The molecule has 0 spiro atoms. The van der Waals surface area contributed by atoms with E-state index in [4.69, 9.17) is 10.00 Å². The van der Waals surface area contributed by atoms with Crippen molar-refractivity contribution in [3.63, 3.8) is 0 Å². The molecule has 2 aliphatic heterocycles. The van der Waals surface area contributed by atoms with Gasteiger partial charge in [-0.2, -0.15) is 5.26 Å². The van der Waals surface area contributed by atoms with Gasteiger partial charge in [0.05, 0.1) is 12.6 Å². The van der Waals surface area contributed by atoms with Gasteiger partial charge in [-0.15, -0.1) is 0 Å². The van der Waals surface area contributed by atoms with Crippen molar-refractivity contribution in [3.8, 4) is 6.07 Å². The van der Waals surface area contributed by atoms with Crippen molar-refractivity contribution < 1.29 is 9.53 Å². The van der Waals surface area contributed by atoms with Crippen LogP contribution >= 0.6 is 0 Å². The topological polar surface area (TPSA) is 53.3 Å². The first kappa shape index (κ1) is 7.41. The number of hydrogen-bond acceptors (Lipinski definition) is 3. The highest BCUT2D eigenvalue weighted by Gasteiger charge is 2.40. The molecule has 1 amide bonds. The average molecular weight is 166 g/mol. The Morgan fingerprint density at radius 1 is 1.75 bits per heavy atom. The zero-order chi connectivity index (χ0) is 8.55. The fourth-order valence-corrected chi connectivity index (χ4v) is 1.82. The molecule has 2 bridgehead atoms. The number of carbonyl (C=O) groups excluding carboxylic acids is 1. The zero-order valence-corrected chi connectivity index (χ0v) is 6.69. The second-order valence-corrected chi connectivity index (χ2v) is 3.28. The van der Waals surface area contributed by atoms with E-state index in [9.17, 15) is 4.79 Å². The Morgan fingerprint density at radius 3 is 3.33 bits per heavy atom. The summed E-state index contributed by atoms with van der Waals surface area (Å²) in [5, 5.41) is 8.51. The van der Waals surface area contributed by atoms with Gasteiger partial charge in [-0.1, -0.05) is 0 Å². The molecule has 0 aromatic rings. The first-order valence-corrected chi connectivity index (χ1v) is 4.14. The lowest BCUT2D eigenvalue weighted by atomic mass is 9.92. The standard InChI is InChI=1S/C8H10N2O2/c9-3-1-6-2-4-10-5-7(6)12-8(10)11/h6-7H,1-2,4-5H2/t6-,7+/m1/s1. The third-order valence-corrected chi connectivity index (χ3v) is 2.56. The van der Waals surface area contributed by atoms with E-state index in [1.807, 2.05) is 0 Å². The zero-order valence-electron chi connectivity index (χ0n) is 6.69. The summed E-state index contributed by atoms with van der Waals surface area (Å²) < 4.78 is 5.09. The van der Waals surface area contributed by atoms with Gasteiger partial charge in [0, 0.05) is 18.9 Å². The maximum absolute atomic E-state index is 11.0. The molecule has 0 saturated carbocycles. The summed E-state index contributed by atoms with van der Waals surface area (Å²) in [6.45, 7) is 1.44. The molecule has 0 unspecified atom stereocenters. The van der Waals surface area contributed by atoms with Crippen LogP contribution < -0.4 is 0 Å². The van der Waals surface area contributed by atoms with Crippen LogP contribution in [0.25, 0.3) is 0 Å². The summed E-state index contributed by atoms with van der Waals surface area (Å²) in [7, 11) is 0. The van der Waals surface area contributed by atoms with Crippen LogP contribution in [0.2, 0.25) is 0 Å². The smallest absolute Gasteiger partial charge is 0.410 e. The molecule has 2 fully saturated rings. The van der Waals surface area contributed by atoms with E-state index in [0.717, 1.165) is 13.0 Å². The lowest BCUT2D eigenvalue weighted by molar-refractivity contribution is 0.106. The summed E-state index contributed by atoms with van der Waals surface area (Å²) in [4.78, 5) is 12.7. The molecule has 2 atom stereocenters. The highest BCUT2D eigenvalue weighted by Crippen LogP contribution is 2.28. The van der Waals surface area contributed by atoms with Crippen LogP contribution in [0.4, 0.5) is 4.79 Å². The maximum atomic E-state index is 11.0. The highest BCUT2D eigenvalue weighted by molar-refractivity contribution is 5.70. The molecule has 2 rings (SSSR count). The van der Waals surface area contributed by atoms with Crippen LogP contribution in [0.3, 0.4) is 0 Å². The minimum atomic E-state index is -0.208. The SMILES string of the molecule is N#CC[C@@H]1CCN2C[C@@H]1OC2=O. The van der Waals surface area contributed by atoms with Crippen molar-refractivity contribution in [1.29, 1.82) is 5.26 Å². The molecule has 0 N–H and O–H groups in total. The van der Waals surface area contributed by atoms with Gasteiger partial charge in [-0.25, -0.2) is 4.79 Å². The van der Waals surface area contributed by atoms with Gasteiger partial charge >= 0.3 is 6.09 Å². The summed E-state index contributed by atoms with van der Waals surface area (Å²) >= 11 is 0. The van der Waals surface area contributed by atoms with E-state index in [0.29, 0.717) is 13.0 Å². The van der Waals surface area contributed by atoms with Crippen LogP contribution in [0.5, 0.6) is 0 Å². The van der Waals surface area contributed by atoms with E-state index in [-0.39, 0.29) is 18.1 Å². The van der Waals surface area contributed by atoms with Gasteiger partial charge in [0.15, 0.2) is 0 Å². The molecule has 4 heteroatoms. The fourth-order valence-electron chi connectivity index (χ4n) is 1.82. The fraction of sp³-hybridized carbons (Fsp3) is 0.750. The second-order valence-electron chi connectivity index (χ2n) is 3.28. The number of ether oxygens (including phenoxy) is 1. The number of amides is 1. The molecule has 64 valence electrons. The predicted molar refractivity (Wildman–Crippen MR) is 40.2 cm³/mol. The predicted octanol–water partition coefficient (Wildman–Crippen LogP) is 0.741. The van der Waals surface area contributed by atoms with Gasteiger partial charge in [0.25, 0.3) is 0 Å². The van der Waals surface area contributed by atoms with E-state index >= 15 is 0 Å². The van der Waals surface area contributed by atoms with Crippen molar-refractivity contribution in [2.24, 2.45) is 5.92 Å². The largest absolute Gasteiger partial charge is 0.444 e. The lowest BCUT2D eigenvalue weighted by Crippen LogP contribution is -2.35. The van der Waals surface area contributed by atoms with Gasteiger partial charge in [0.1, 0.15) is 6.10 Å². The number of fused-ring (bicyclic) bond motifs is 2. The van der Waals surface area contributed by atoms with Crippen LogP contribution in [-0.2, 0) is 4.74 Å². The molecule has 2 aliphatic rings. The normalized spacial score (nSPS) is 32.9. The van der Waals surface area contributed by atoms with Crippen LogP contribution in [0.1, 0.15) is 12.8 Å². The summed E-state index contributed by atoms with van der Waals surface area (Å²) in [5.41, 5.74) is 0. The third kappa shape index (κ3) is 1.02. The van der Waals surface area contributed by atoms with Crippen LogP contribution in [0, 0.1) is 17.2 Å². The van der Waals surface area contributed by atoms with Crippen molar-refractivity contribution in [3.05, 3.63) is 0 Å². The molecule has 2 saturated heterocycles. The monoisotopic (exact) mass is 166 g/mol. The molecule has 0 aliphatic carbocycles. The molecule has 12 heavy (non-hydrogen) atoms. The Kier molecular flexibility index (Phi) is 1.65. The Balaban J connectivity index is 2.05. The highest BCUT2D eigenvalue weighted by atomic mass is 16.6. The Labute approximate surface area is 70.7 Å². The minimum absolute atomic E-state index is 0.0223. The molecule has 4 nitrogen and oxygen atoms in total. The van der Waals surface area contributed by atoms with E-state index < -0.39 is 0 Å². The van der Waals surface area contributed by atoms with Crippen molar-refractivity contribution in [1.82, 2.24) is 4.90 Å². The molecular formula is C8H10N2O2. The van der Waals surface area contributed by atoms with E-state index in [2.05, 4.69) is 6.07 Å². The molecule has 2 heterocycles. The Bertz CT molecular complexity index is 246. The second kappa shape index (κ2) is 2.67. The van der Waals surface area contributed by atoms with E-state index in [1.165, 1.54) is 0 Å². The van der Waals surface area contributed by atoms with Gasteiger partial charge in [0.2, 0.25) is 0 Å². The van der Waals surface area contributed by atoms with Crippen LogP contribution in [-0.4, -0.2) is 30.2 Å². The Hall–Kier alpha value is -1.24. The minimum Gasteiger partial charge on any atom is -0.444 e. The summed E-state index contributed by atoms with van der Waals surface area (Å²) in [5.74, 6) is 0.262. The number of carbonyl (C=O) groups is 1. The van der Waals surface area contributed by atoms with Crippen molar-refractivity contribution in [2.75, 3.05) is 13.1 Å². The third-order valence-electron chi connectivity index (χ3n) is 2.56. The first-order valence-electron chi connectivity index (χ1n) is 4.14. The van der Waals surface area contributed by atoms with Gasteiger partial charge < -0.3 is 9.64 Å². The summed E-state index contributed by atoms with van der Waals surface area (Å²) in [6, 6.07) is 2.13. The van der Waals surface area contributed by atoms with Crippen LogP contribution in [0.15, 0.2) is 0 Å². The average Bonchev–Trinajstić information content (AvgIpc) is 2.35. The maximum Gasteiger partial charge on any atom is 0.410 e. The molecule has 0 aromatic heterocycles. The molecular weight excluding hydrogens is 156 g/mol. The quantitative estimate of drug-likeness (QED) is 0.577. The number of nitriles is 1. The first-order chi connectivity index (χ1) is 5.81. The van der Waals surface area contributed by atoms with Crippen molar-refractivity contribution in [2.45, 2.75) is 18.9 Å². The Morgan fingerprint density at radius 2 is 2.58 bits per heavy atom. The number of piperidine rings is 1. The number of rotatable bonds is 1. The molecule has 0 radical (unpaired) electrons. The number of nitrogens with zero attached hydrogens (tertiary/aromatic N) is 2. The lowest BCUT2D eigenvalue weighted by Gasteiger charge is -2.24. The summed E-state index contributed by atoms with van der Waals surface area (Å²) in [6.07, 6.45) is 1.18. The van der Waals surface area contributed by atoms with E-state index in [1.54, 1.807) is 4.90 Å². The molecule has 0 aromatic carbocycles. The number of hydrogen-bond donors (Lipinski definition) is 0.